The highest BCUT2D eigenvalue weighted by Crippen LogP contribution is 2.27. The van der Waals surface area contributed by atoms with E-state index >= 15 is 0 Å². The van der Waals surface area contributed by atoms with Crippen LogP contribution in [0.1, 0.15) is 11.1 Å². The van der Waals surface area contributed by atoms with Crippen LogP contribution in [0, 0.1) is 10.1 Å². The maximum Gasteiger partial charge on any atom is 0.341 e. The van der Waals surface area contributed by atoms with Crippen LogP contribution in [0.3, 0.4) is 0 Å². The van der Waals surface area contributed by atoms with Gasteiger partial charge in [-0.3, -0.25) is 15.4 Å². The van der Waals surface area contributed by atoms with Crippen LogP contribution in [0.4, 0.5) is 15.6 Å². The average Bonchev–Trinajstić information content (AvgIpc) is 3.29. The Morgan fingerprint density at radius 3 is 2.27 bits per heavy atom. The molecule has 0 spiro atoms. The average molecular weight is 460 g/mol. The van der Waals surface area contributed by atoms with E-state index in [9.17, 15) is 20.0 Å². The first-order chi connectivity index (χ1) is 16.0. The number of aromatic hydroxyl groups is 1. The minimum Gasteiger partial charge on any atom is -0.508 e. The van der Waals surface area contributed by atoms with Crippen LogP contribution in [-0.4, -0.2) is 32.0 Å². The minimum absolute atomic E-state index is 0.0439. The van der Waals surface area contributed by atoms with Crippen LogP contribution >= 0.6 is 11.3 Å². The first-order valence-electron chi connectivity index (χ1n) is 9.57. The van der Waals surface area contributed by atoms with Gasteiger partial charge < -0.3 is 5.11 Å². The van der Waals surface area contributed by atoms with Crippen molar-refractivity contribution >= 4 is 33.9 Å². The fourth-order valence-corrected chi connectivity index (χ4v) is 3.60. The summed E-state index contributed by atoms with van der Waals surface area (Å²) in [4.78, 5) is 22.9. The molecule has 0 saturated heterocycles. The highest BCUT2D eigenvalue weighted by Gasteiger charge is 2.13. The third-order valence-electron chi connectivity index (χ3n) is 4.43. The standard InChI is InChI=1S/C22H16N6O4S/c29-18-12-8-16(9-13-18)20-25-27-22(33-20)23-21(30)26-24-19(14-4-2-1-3-5-14)15-6-10-17(11-7-15)28(31)32/h1-13,29H,(H2,23,26,27,30)/b24-19+. The predicted molar refractivity (Wildman–Crippen MR) is 124 cm³/mol. The van der Waals surface area contributed by atoms with Gasteiger partial charge in [-0.15, -0.1) is 10.2 Å². The maximum absolute atomic E-state index is 12.4. The van der Waals surface area contributed by atoms with E-state index in [0.717, 1.165) is 22.5 Å². The van der Waals surface area contributed by atoms with Gasteiger partial charge in [-0.1, -0.05) is 41.7 Å². The summed E-state index contributed by atoms with van der Waals surface area (Å²) < 4.78 is 0. The molecule has 0 aliphatic rings. The molecule has 0 aliphatic heterocycles. The smallest absolute Gasteiger partial charge is 0.341 e. The van der Waals surface area contributed by atoms with E-state index in [1.54, 1.807) is 24.3 Å². The number of aromatic nitrogens is 2. The number of rotatable bonds is 6. The topological polar surface area (TPSA) is 143 Å². The summed E-state index contributed by atoms with van der Waals surface area (Å²) in [6, 6.07) is 20.8. The molecular weight excluding hydrogens is 444 g/mol. The van der Waals surface area contributed by atoms with E-state index in [-0.39, 0.29) is 16.6 Å². The maximum atomic E-state index is 12.4. The Hall–Kier alpha value is -4.64. The molecule has 0 bridgehead atoms. The fourth-order valence-electron chi connectivity index (χ4n) is 2.86. The SMILES string of the molecule is O=C(N/N=C(\c1ccccc1)c1ccc([N+](=O)[O-])cc1)Nc1nnc(-c2ccc(O)cc2)s1. The number of non-ortho nitro benzene ring substituents is 1. The Labute approximate surface area is 191 Å². The molecule has 4 aromatic rings. The zero-order chi connectivity index (χ0) is 23.2. The molecule has 4 rings (SSSR count). The van der Waals surface area contributed by atoms with Crippen LogP contribution in [0.5, 0.6) is 5.75 Å². The van der Waals surface area contributed by atoms with Gasteiger partial charge in [0.2, 0.25) is 5.13 Å². The van der Waals surface area contributed by atoms with Crippen molar-refractivity contribution in [2.24, 2.45) is 5.10 Å². The van der Waals surface area contributed by atoms with E-state index < -0.39 is 11.0 Å². The van der Waals surface area contributed by atoms with Crippen LogP contribution in [-0.2, 0) is 0 Å². The first kappa shape index (κ1) is 21.6. The fraction of sp³-hybridized carbons (Fsp3) is 0. The third-order valence-corrected chi connectivity index (χ3v) is 5.32. The van der Waals surface area contributed by atoms with E-state index in [4.69, 9.17) is 0 Å². The number of carbonyl (C=O) groups is 1. The van der Waals surface area contributed by atoms with Gasteiger partial charge in [-0.25, -0.2) is 10.2 Å². The Morgan fingerprint density at radius 1 is 0.939 bits per heavy atom. The molecule has 3 aromatic carbocycles. The lowest BCUT2D eigenvalue weighted by atomic mass is 10.0. The van der Waals surface area contributed by atoms with Crippen LogP contribution in [0.25, 0.3) is 10.6 Å². The number of nitrogens with zero attached hydrogens (tertiary/aromatic N) is 4. The van der Waals surface area contributed by atoms with Gasteiger partial charge in [0, 0.05) is 28.8 Å². The molecule has 0 atom stereocenters. The van der Waals surface area contributed by atoms with E-state index in [0.29, 0.717) is 16.3 Å². The number of nitro groups is 1. The van der Waals surface area contributed by atoms with Crippen molar-refractivity contribution in [2.75, 3.05) is 5.32 Å². The lowest BCUT2D eigenvalue weighted by molar-refractivity contribution is -0.384. The molecular formula is C22H16N6O4S. The second-order valence-corrected chi connectivity index (χ2v) is 7.63. The molecule has 0 saturated carbocycles. The molecule has 0 unspecified atom stereocenters. The molecule has 10 nitrogen and oxygen atoms in total. The van der Waals surface area contributed by atoms with Crippen molar-refractivity contribution in [3.8, 4) is 16.3 Å². The van der Waals surface area contributed by atoms with E-state index in [1.165, 1.54) is 24.3 Å². The number of hydrogen-bond acceptors (Lipinski definition) is 8. The van der Waals surface area contributed by atoms with Crippen molar-refractivity contribution in [1.82, 2.24) is 15.6 Å². The Bertz CT molecular complexity index is 1300. The molecule has 2 amide bonds. The van der Waals surface area contributed by atoms with Gasteiger partial charge in [0.05, 0.1) is 10.6 Å². The van der Waals surface area contributed by atoms with Crippen molar-refractivity contribution in [1.29, 1.82) is 0 Å². The number of phenolic OH excluding ortho intramolecular Hbond substituents is 1. The number of nitro benzene ring substituents is 1. The molecule has 33 heavy (non-hydrogen) atoms. The number of carbonyl (C=O) groups excluding carboxylic acids is 1. The number of amides is 2. The quantitative estimate of drug-likeness (QED) is 0.221. The normalized spacial score (nSPS) is 11.1. The number of hydrogen-bond donors (Lipinski definition) is 3. The van der Waals surface area contributed by atoms with Crippen LogP contribution in [0.15, 0.2) is 84.0 Å². The van der Waals surface area contributed by atoms with Crippen LogP contribution in [0.2, 0.25) is 0 Å². The van der Waals surface area contributed by atoms with Crippen molar-refractivity contribution in [3.63, 3.8) is 0 Å². The summed E-state index contributed by atoms with van der Waals surface area (Å²) in [5, 5.41) is 36.0. The van der Waals surface area contributed by atoms with Gasteiger partial charge >= 0.3 is 6.03 Å². The van der Waals surface area contributed by atoms with Gasteiger partial charge in [0.15, 0.2) is 0 Å². The Morgan fingerprint density at radius 2 is 1.61 bits per heavy atom. The van der Waals surface area contributed by atoms with Gasteiger partial charge in [-0.05, 0) is 36.4 Å². The number of anilines is 1. The van der Waals surface area contributed by atoms with Crippen molar-refractivity contribution < 1.29 is 14.8 Å². The lowest BCUT2D eigenvalue weighted by Crippen LogP contribution is -2.26. The monoisotopic (exact) mass is 460 g/mol. The predicted octanol–water partition coefficient (Wildman–Crippen LogP) is 4.39. The van der Waals surface area contributed by atoms with Gasteiger partial charge in [0.1, 0.15) is 10.8 Å². The minimum atomic E-state index is -0.626. The number of nitrogens with one attached hydrogen (secondary N) is 2. The van der Waals surface area contributed by atoms with Crippen molar-refractivity contribution in [2.45, 2.75) is 0 Å². The molecule has 11 heteroatoms. The molecule has 0 radical (unpaired) electrons. The van der Waals surface area contributed by atoms with E-state index in [1.807, 2.05) is 30.3 Å². The van der Waals surface area contributed by atoms with Crippen molar-refractivity contribution in [3.05, 3.63) is 100 Å². The second-order valence-electron chi connectivity index (χ2n) is 6.66. The van der Waals surface area contributed by atoms with Crippen LogP contribution < -0.4 is 10.7 Å². The molecule has 0 aliphatic carbocycles. The summed E-state index contributed by atoms with van der Waals surface area (Å²) in [6.45, 7) is 0. The Kier molecular flexibility index (Phi) is 6.32. The number of benzene rings is 3. The highest BCUT2D eigenvalue weighted by molar-refractivity contribution is 7.18. The highest BCUT2D eigenvalue weighted by atomic mass is 32.1. The molecule has 164 valence electrons. The lowest BCUT2D eigenvalue weighted by Gasteiger charge is -2.08. The summed E-state index contributed by atoms with van der Waals surface area (Å²) in [5.74, 6) is 0.140. The summed E-state index contributed by atoms with van der Waals surface area (Å²) in [6.07, 6.45) is 0. The number of phenols is 1. The second kappa shape index (κ2) is 9.66. The summed E-state index contributed by atoms with van der Waals surface area (Å²) >= 11 is 1.16. The third kappa shape index (κ3) is 5.35. The number of urea groups is 1. The van der Waals surface area contributed by atoms with Gasteiger partial charge in [0.25, 0.3) is 5.69 Å². The van der Waals surface area contributed by atoms with E-state index in [2.05, 4.69) is 26.0 Å². The zero-order valence-electron chi connectivity index (χ0n) is 16.9. The summed E-state index contributed by atoms with van der Waals surface area (Å²) in [5.41, 5.74) is 4.89. The summed E-state index contributed by atoms with van der Waals surface area (Å²) in [7, 11) is 0. The number of hydrazone groups is 1. The largest absolute Gasteiger partial charge is 0.508 e. The molecule has 1 aromatic heterocycles. The molecule has 3 N–H and O–H groups in total. The first-order valence-corrected chi connectivity index (χ1v) is 10.4. The Balaban J connectivity index is 1.51. The van der Waals surface area contributed by atoms with Gasteiger partial charge in [-0.2, -0.15) is 5.10 Å². The molecule has 1 heterocycles. The molecule has 0 fully saturated rings. The zero-order valence-corrected chi connectivity index (χ0v) is 17.7.